The first kappa shape index (κ1) is 10.1. The van der Waals surface area contributed by atoms with Gasteiger partial charge >= 0.3 is 0 Å². The van der Waals surface area contributed by atoms with Crippen LogP contribution in [0.2, 0.25) is 5.02 Å². The van der Waals surface area contributed by atoms with Gasteiger partial charge in [-0.1, -0.05) is 17.7 Å². The molecular weight excluding hydrogens is 216 g/mol. The van der Waals surface area contributed by atoms with E-state index in [1.807, 2.05) is 24.5 Å². The Morgan fingerprint density at radius 3 is 2.64 bits per heavy atom. The number of rotatable bonds is 3. The van der Waals surface area contributed by atoms with E-state index >= 15 is 0 Å². The van der Waals surface area contributed by atoms with Crippen LogP contribution < -0.4 is 0 Å². The number of carbonyl (C=O) groups excluding carboxylic acids is 1. The van der Waals surface area contributed by atoms with Gasteiger partial charge in [-0.3, -0.25) is 0 Å². The zero-order valence-electron chi connectivity index (χ0n) is 7.92. The second-order valence-electron chi connectivity index (χ2n) is 3.62. The summed E-state index contributed by atoms with van der Waals surface area (Å²) in [5.41, 5.74) is 0.857. The van der Waals surface area contributed by atoms with E-state index in [4.69, 9.17) is 11.6 Å². The molecule has 0 saturated heterocycles. The first-order valence-corrected chi connectivity index (χ1v) is 6.12. The number of hydrogen-bond donors (Lipinski definition) is 0. The van der Waals surface area contributed by atoms with Crippen LogP contribution in [-0.4, -0.2) is 12.5 Å². The summed E-state index contributed by atoms with van der Waals surface area (Å²) in [6.07, 6.45) is 4.97. The predicted molar refractivity (Wildman–Crippen MR) is 60.2 cm³/mol. The summed E-state index contributed by atoms with van der Waals surface area (Å²) in [5, 5.41) is 0.753. The van der Waals surface area contributed by atoms with Crippen molar-refractivity contribution >= 4 is 29.6 Å². The molecule has 1 aliphatic rings. The second-order valence-corrected chi connectivity index (χ2v) is 4.88. The lowest BCUT2D eigenvalue weighted by molar-refractivity contribution is -0.109. The van der Waals surface area contributed by atoms with Gasteiger partial charge in [-0.15, -0.1) is 11.8 Å². The van der Waals surface area contributed by atoms with Crippen LogP contribution in [0.15, 0.2) is 23.1 Å². The van der Waals surface area contributed by atoms with Crippen LogP contribution in [0.4, 0.5) is 0 Å². The van der Waals surface area contributed by atoms with Gasteiger partial charge in [0.1, 0.15) is 6.29 Å². The molecule has 1 fully saturated rings. The molecular formula is C11H11ClOS. The molecule has 1 aromatic rings. The van der Waals surface area contributed by atoms with Crippen molar-refractivity contribution in [3.8, 4) is 0 Å². The molecule has 0 bridgehead atoms. The molecule has 74 valence electrons. The minimum Gasteiger partial charge on any atom is -0.302 e. The van der Waals surface area contributed by atoms with E-state index in [-0.39, 0.29) is 5.41 Å². The van der Waals surface area contributed by atoms with Crippen LogP contribution >= 0.6 is 23.4 Å². The highest BCUT2D eigenvalue weighted by Crippen LogP contribution is 2.47. The molecule has 1 aromatic carbocycles. The third kappa shape index (κ3) is 1.57. The summed E-state index contributed by atoms with van der Waals surface area (Å²) in [5.74, 6) is 0. The smallest absolute Gasteiger partial charge is 0.130 e. The van der Waals surface area contributed by atoms with E-state index < -0.39 is 0 Å². The van der Waals surface area contributed by atoms with E-state index in [0.717, 1.165) is 34.6 Å². The molecule has 3 heteroatoms. The molecule has 0 heterocycles. The van der Waals surface area contributed by atoms with Crippen LogP contribution in [0.3, 0.4) is 0 Å². The molecule has 0 aliphatic heterocycles. The first-order valence-electron chi connectivity index (χ1n) is 4.52. The van der Waals surface area contributed by atoms with Gasteiger partial charge < -0.3 is 4.79 Å². The van der Waals surface area contributed by atoms with Gasteiger partial charge in [-0.25, -0.2) is 0 Å². The van der Waals surface area contributed by atoms with Crippen molar-refractivity contribution in [2.75, 3.05) is 6.26 Å². The largest absolute Gasteiger partial charge is 0.302 e. The fourth-order valence-corrected chi connectivity index (χ4v) is 2.46. The minimum atomic E-state index is -0.208. The molecule has 1 aliphatic carbocycles. The fraction of sp³-hybridized carbons (Fsp3) is 0.364. The Morgan fingerprint density at radius 2 is 2.21 bits per heavy atom. The quantitative estimate of drug-likeness (QED) is 0.581. The van der Waals surface area contributed by atoms with E-state index in [1.165, 1.54) is 0 Å². The molecule has 0 N–H and O–H groups in total. The van der Waals surface area contributed by atoms with Crippen LogP contribution in [-0.2, 0) is 10.2 Å². The highest BCUT2D eigenvalue weighted by atomic mass is 35.5. The average Bonchev–Trinajstić information content (AvgIpc) is 2.98. The zero-order chi connectivity index (χ0) is 10.2. The fourth-order valence-electron chi connectivity index (χ4n) is 1.59. The maximum atomic E-state index is 10.9. The number of thioether (sulfide) groups is 1. The number of benzene rings is 1. The Kier molecular flexibility index (Phi) is 2.58. The monoisotopic (exact) mass is 226 g/mol. The molecule has 0 radical (unpaired) electrons. The highest BCUT2D eigenvalue weighted by Gasteiger charge is 2.44. The molecule has 0 unspecified atom stereocenters. The summed E-state index contributed by atoms with van der Waals surface area (Å²) in [6.45, 7) is 0. The van der Waals surface area contributed by atoms with Crippen molar-refractivity contribution in [1.82, 2.24) is 0 Å². The third-order valence-corrected chi connectivity index (χ3v) is 3.96. The van der Waals surface area contributed by atoms with Gasteiger partial charge in [0.05, 0.1) is 10.4 Å². The SMILES string of the molecule is CSc1ccc(C2(C=O)CC2)cc1Cl. The van der Waals surface area contributed by atoms with E-state index in [9.17, 15) is 4.79 Å². The predicted octanol–water partition coefficient (Wildman–Crippen LogP) is 3.29. The molecule has 0 aromatic heterocycles. The van der Waals surface area contributed by atoms with Crippen molar-refractivity contribution < 1.29 is 4.79 Å². The molecule has 1 saturated carbocycles. The number of hydrogen-bond acceptors (Lipinski definition) is 2. The van der Waals surface area contributed by atoms with Crippen molar-refractivity contribution in [3.63, 3.8) is 0 Å². The van der Waals surface area contributed by atoms with Gasteiger partial charge in [0.2, 0.25) is 0 Å². The Balaban J connectivity index is 2.38. The Morgan fingerprint density at radius 1 is 1.50 bits per heavy atom. The maximum absolute atomic E-state index is 10.9. The van der Waals surface area contributed by atoms with Crippen LogP contribution in [0.1, 0.15) is 18.4 Å². The number of carbonyl (C=O) groups is 1. The molecule has 2 rings (SSSR count). The van der Waals surface area contributed by atoms with E-state index in [2.05, 4.69) is 0 Å². The highest BCUT2D eigenvalue weighted by molar-refractivity contribution is 7.98. The van der Waals surface area contributed by atoms with Crippen molar-refractivity contribution in [3.05, 3.63) is 28.8 Å². The Bertz CT molecular complexity index is 372. The molecule has 0 amide bonds. The van der Waals surface area contributed by atoms with Crippen molar-refractivity contribution in [2.24, 2.45) is 0 Å². The number of halogens is 1. The molecule has 0 atom stereocenters. The zero-order valence-corrected chi connectivity index (χ0v) is 9.49. The summed E-state index contributed by atoms with van der Waals surface area (Å²) in [4.78, 5) is 12.0. The van der Waals surface area contributed by atoms with Crippen molar-refractivity contribution in [1.29, 1.82) is 0 Å². The lowest BCUT2D eigenvalue weighted by Gasteiger charge is -2.09. The lowest BCUT2D eigenvalue weighted by Crippen LogP contribution is -2.07. The number of aldehydes is 1. The van der Waals surface area contributed by atoms with Gasteiger partial charge in [-0.05, 0) is 36.8 Å². The Hall–Kier alpha value is -0.470. The van der Waals surface area contributed by atoms with E-state index in [1.54, 1.807) is 11.8 Å². The maximum Gasteiger partial charge on any atom is 0.130 e. The van der Waals surface area contributed by atoms with Crippen LogP contribution in [0.5, 0.6) is 0 Å². The molecule has 0 spiro atoms. The molecule has 1 nitrogen and oxygen atoms in total. The third-order valence-electron chi connectivity index (χ3n) is 2.74. The van der Waals surface area contributed by atoms with Gasteiger partial charge in [0.25, 0.3) is 0 Å². The lowest BCUT2D eigenvalue weighted by atomic mass is 9.98. The topological polar surface area (TPSA) is 17.1 Å². The Labute approximate surface area is 92.8 Å². The van der Waals surface area contributed by atoms with Crippen molar-refractivity contribution in [2.45, 2.75) is 23.2 Å². The van der Waals surface area contributed by atoms with Gasteiger partial charge in [-0.2, -0.15) is 0 Å². The standard InChI is InChI=1S/C11H11ClOS/c1-14-10-3-2-8(6-9(10)12)11(7-13)4-5-11/h2-3,6-7H,4-5H2,1H3. The summed E-state index contributed by atoms with van der Waals surface area (Å²) < 4.78 is 0. The second kappa shape index (κ2) is 3.59. The van der Waals surface area contributed by atoms with E-state index in [0.29, 0.717) is 0 Å². The van der Waals surface area contributed by atoms with Crippen LogP contribution in [0, 0.1) is 0 Å². The van der Waals surface area contributed by atoms with Crippen LogP contribution in [0.25, 0.3) is 0 Å². The first-order chi connectivity index (χ1) is 6.72. The van der Waals surface area contributed by atoms with Gasteiger partial charge in [0.15, 0.2) is 0 Å². The average molecular weight is 227 g/mol. The summed E-state index contributed by atoms with van der Waals surface area (Å²) >= 11 is 7.71. The van der Waals surface area contributed by atoms with Gasteiger partial charge in [0, 0.05) is 4.90 Å². The summed E-state index contributed by atoms with van der Waals surface area (Å²) in [6, 6.07) is 5.93. The molecule has 14 heavy (non-hydrogen) atoms. The normalized spacial score (nSPS) is 17.9. The minimum absolute atomic E-state index is 0.208. The summed E-state index contributed by atoms with van der Waals surface area (Å²) in [7, 11) is 0.